The molecule has 0 aliphatic rings. The first kappa shape index (κ1) is 14.9. The van der Waals surface area contributed by atoms with Crippen molar-refractivity contribution in [2.75, 3.05) is 6.54 Å². The van der Waals surface area contributed by atoms with E-state index >= 15 is 0 Å². The van der Waals surface area contributed by atoms with Gasteiger partial charge in [-0.2, -0.15) is 0 Å². The Morgan fingerprint density at radius 2 is 1.89 bits per heavy atom. The van der Waals surface area contributed by atoms with Crippen molar-refractivity contribution in [2.24, 2.45) is 0 Å². The largest absolute Gasteiger partial charge is 0.312 e. The standard InChI is InChI=1S/C16H25NO/c1-12-6-7-13(2)14(10-12)11-15(18)8-9-17-16(3,4)5/h6-7,10,17H,8-9,11H2,1-5H3. The summed E-state index contributed by atoms with van der Waals surface area (Å²) in [4.78, 5) is 11.9. The molecule has 18 heavy (non-hydrogen) atoms. The third-order valence-electron chi connectivity index (χ3n) is 2.95. The van der Waals surface area contributed by atoms with E-state index in [-0.39, 0.29) is 5.54 Å². The zero-order valence-electron chi connectivity index (χ0n) is 12.3. The molecule has 0 aromatic heterocycles. The topological polar surface area (TPSA) is 29.1 Å². The lowest BCUT2D eigenvalue weighted by atomic mass is 9.99. The number of carbonyl (C=O) groups is 1. The molecular formula is C16H25NO. The average molecular weight is 247 g/mol. The van der Waals surface area contributed by atoms with Crippen LogP contribution in [0.25, 0.3) is 0 Å². The van der Waals surface area contributed by atoms with Crippen LogP contribution in [0, 0.1) is 13.8 Å². The lowest BCUT2D eigenvalue weighted by Crippen LogP contribution is -2.37. The lowest BCUT2D eigenvalue weighted by Gasteiger charge is -2.20. The van der Waals surface area contributed by atoms with Crippen LogP contribution in [0.5, 0.6) is 0 Å². The maximum Gasteiger partial charge on any atom is 0.138 e. The molecule has 0 fully saturated rings. The molecule has 0 unspecified atom stereocenters. The monoisotopic (exact) mass is 247 g/mol. The number of ketones is 1. The molecule has 1 N–H and O–H groups in total. The van der Waals surface area contributed by atoms with Crippen LogP contribution in [0.3, 0.4) is 0 Å². The van der Waals surface area contributed by atoms with Gasteiger partial charge in [0.15, 0.2) is 0 Å². The third kappa shape index (κ3) is 5.46. The van der Waals surface area contributed by atoms with Crippen molar-refractivity contribution in [3.8, 4) is 0 Å². The van der Waals surface area contributed by atoms with Crippen molar-refractivity contribution in [2.45, 2.75) is 53.0 Å². The Labute approximate surface area is 111 Å². The zero-order chi connectivity index (χ0) is 13.8. The molecule has 0 bridgehead atoms. The van der Waals surface area contributed by atoms with Crippen molar-refractivity contribution >= 4 is 5.78 Å². The molecule has 1 aromatic rings. The first-order valence-corrected chi connectivity index (χ1v) is 6.61. The number of hydrogen-bond acceptors (Lipinski definition) is 2. The van der Waals surface area contributed by atoms with Gasteiger partial charge in [-0.05, 0) is 45.7 Å². The second-order valence-electron chi connectivity index (χ2n) is 6.07. The molecule has 0 aliphatic heterocycles. The number of carbonyl (C=O) groups excluding carboxylic acids is 1. The van der Waals surface area contributed by atoms with Gasteiger partial charge in [-0.1, -0.05) is 23.8 Å². The Kier molecular flexibility index (Phi) is 5.09. The van der Waals surface area contributed by atoms with Crippen LogP contribution >= 0.6 is 0 Å². The molecule has 0 radical (unpaired) electrons. The van der Waals surface area contributed by atoms with E-state index in [0.29, 0.717) is 18.6 Å². The second kappa shape index (κ2) is 6.14. The molecular weight excluding hydrogens is 222 g/mol. The first-order chi connectivity index (χ1) is 8.28. The molecule has 2 heteroatoms. The van der Waals surface area contributed by atoms with E-state index in [2.05, 4.69) is 58.1 Å². The van der Waals surface area contributed by atoms with E-state index < -0.39 is 0 Å². The van der Waals surface area contributed by atoms with Crippen LogP contribution < -0.4 is 5.32 Å². The summed E-state index contributed by atoms with van der Waals surface area (Å²) in [6.07, 6.45) is 1.16. The molecule has 0 heterocycles. The van der Waals surface area contributed by atoms with E-state index in [1.165, 1.54) is 11.1 Å². The molecule has 100 valence electrons. The highest BCUT2D eigenvalue weighted by Gasteiger charge is 2.10. The minimum absolute atomic E-state index is 0.0829. The van der Waals surface area contributed by atoms with Gasteiger partial charge in [0.05, 0.1) is 0 Å². The number of nitrogens with one attached hydrogen (secondary N) is 1. The summed E-state index contributed by atoms with van der Waals surface area (Å²) in [6, 6.07) is 6.29. The third-order valence-corrected chi connectivity index (χ3v) is 2.95. The fraction of sp³-hybridized carbons (Fsp3) is 0.562. The predicted octanol–water partition coefficient (Wildman–Crippen LogP) is 3.19. The smallest absolute Gasteiger partial charge is 0.138 e. The van der Waals surface area contributed by atoms with Crippen LogP contribution in [-0.2, 0) is 11.2 Å². The lowest BCUT2D eigenvalue weighted by molar-refractivity contribution is -0.118. The summed E-state index contributed by atoms with van der Waals surface area (Å²) >= 11 is 0. The van der Waals surface area contributed by atoms with Crippen molar-refractivity contribution < 1.29 is 4.79 Å². The van der Waals surface area contributed by atoms with Crippen LogP contribution in [0.4, 0.5) is 0 Å². The van der Waals surface area contributed by atoms with Crippen molar-refractivity contribution in [3.05, 3.63) is 34.9 Å². The first-order valence-electron chi connectivity index (χ1n) is 6.61. The highest BCUT2D eigenvalue weighted by molar-refractivity contribution is 5.81. The van der Waals surface area contributed by atoms with E-state index in [9.17, 15) is 4.79 Å². The van der Waals surface area contributed by atoms with E-state index in [1.807, 2.05) is 0 Å². The number of Topliss-reactive ketones (excluding diaryl/α,β-unsaturated/α-hetero) is 1. The van der Waals surface area contributed by atoms with E-state index in [4.69, 9.17) is 0 Å². The molecule has 0 aliphatic carbocycles. The molecule has 0 saturated carbocycles. The minimum Gasteiger partial charge on any atom is -0.312 e. The Bertz CT molecular complexity index is 416. The quantitative estimate of drug-likeness (QED) is 0.865. The summed E-state index contributed by atoms with van der Waals surface area (Å²) in [6.45, 7) is 11.2. The molecule has 0 amide bonds. The molecule has 0 spiro atoms. The van der Waals surface area contributed by atoms with Crippen LogP contribution in [0.15, 0.2) is 18.2 Å². The van der Waals surface area contributed by atoms with Crippen molar-refractivity contribution in [1.82, 2.24) is 5.32 Å². The summed E-state index contributed by atoms with van der Waals surface area (Å²) in [5.41, 5.74) is 3.67. The maximum absolute atomic E-state index is 11.9. The van der Waals surface area contributed by atoms with Gasteiger partial charge in [0.2, 0.25) is 0 Å². The van der Waals surface area contributed by atoms with Gasteiger partial charge in [-0.3, -0.25) is 4.79 Å². The number of aryl methyl sites for hydroxylation is 2. The Morgan fingerprint density at radius 1 is 1.22 bits per heavy atom. The van der Waals surface area contributed by atoms with Gasteiger partial charge in [-0.15, -0.1) is 0 Å². The Morgan fingerprint density at radius 3 is 2.50 bits per heavy atom. The van der Waals surface area contributed by atoms with Crippen LogP contribution in [0.2, 0.25) is 0 Å². The van der Waals surface area contributed by atoms with Gasteiger partial charge >= 0.3 is 0 Å². The fourth-order valence-corrected chi connectivity index (χ4v) is 1.87. The minimum atomic E-state index is 0.0829. The summed E-state index contributed by atoms with van der Waals surface area (Å²) in [5, 5.41) is 3.34. The molecule has 0 saturated heterocycles. The molecule has 1 aromatic carbocycles. The summed E-state index contributed by atoms with van der Waals surface area (Å²) < 4.78 is 0. The normalized spacial score (nSPS) is 11.6. The Balaban J connectivity index is 2.47. The zero-order valence-corrected chi connectivity index (χ0v) is 12.3. The number of benzene rings is 1. The molecule has 0 atom stereocenters. The van der Waals surface area contributed by atoms with Crippen LogP contribution in [-0.4, -0.2) is 17.9 Å². The van der Waals surface area contributed by atoms with E-state index in [0.717, 1.165) is 12.1 Å². The highest BCUT2D eigenvalue weighted by Crippen LogP contribution is 2.12. The highest BCUT2D eigenvalue weighted by atomic mass is 16.1. The second-order valence-corrected chi connectivity index (χ2v) is 6.07. The van der Waals surface area contributed by atoms with Gasteiger partial charge in [0, 0.05) is 24.9 Å². The van der Waals surface area contributed by atoms with Gasteiger partial charge < -0.3 is 5.32 Å². The van der Waals surface area contributed by atoms with E-state index in [1.54, 1.807) is 0 Å². The average Bonchev–Trinajstić information content (AvgIpc) is 2.21. The molecule has 2 nitrogen and oxygen atoms in total. The van der Waals surface area contributed by atoms with Crippen LogP contribution in [0.1, 0.15) is 43.9 Å². The van der Waals surface area contributed by atoms with Gasteiger partial charge in [-0.25, -0.2) is 0 Å². The van der Waals surface area contributed by atoms with Crippen molar-refractivity contribution in [1.29, 1.82) is 0 Å². The maximum atomic E-state index is 11.9. The SMILES string of the molecule is Cc1ccc(C)c(CC(=O)CCNC(C)(C)C)c1. The summed E-state index contributed by atoms with van der Waals surface area (Å²) in [7, 11) is 0. The number of rotatable bonds is 5. The summed E-state index contributed by atoms with van der Waals surface area (Å²) in [5.74, 6) is 0.306. The Hall–Kier alpha value is -1.15. The van der Waals surface area contributed by atoms with Gasteiger partial charge in [0.1, 0.15) is 5.78 Å². The molecule has 1 rings (SSSR count). The fourth-order valence-electron chi connectivity index (χ4n) is 1.87. The van der Waals surface area contributed by atoms with Gasteiger partial charge in [0.25, 0.3) is 0 Å². The van der Waals surface area contributed by atoms with Crippen molar-refractivity contribution in [3.63, 3.8) is 0 Å². The number of hydrogen-bond donors (Lipinski definition) is 1. The predicted molar refractivity (Wildman–Crippen MR) is 77.0 cm³/mol.